The molecule has 1 aromatic heterocycles. The van der Waals surface area contributed by atoms with Gasteiger partial charge < -0.3 is 9.80 Å². The predicted octanol–water partition coefficient (Wildman–Crippen LogP) is 1.12. The second kappa shape index (κ2) is 6.53. The molecule has 27 heavy (non-hydrogen) atoms. The highest BCUT2D eigenvalue weighted by Crippen LogP contribution is 2.21. The summed E-state index contributed by atoms with van der Waals surface area (Å²) < 4.78 is 1.79. The smallest absolute Gasteiger partial charge is 0.324 e. The fourth-order valence-electron chi connectivity index (χ4n) is 3.67. The van der Waals surface area contributed by atoms with Crippen LogP contribution >= 0.6 is 0 Å². The number of imide groups is 1. The van der Waals surface area contributed by atoms with E-state index in [0.717, 1.165) is 16.9 Å². The maximum atomic E-state index is 13.1. The number of urea groups is 1. The Morgan fingerprint density at radius 1 is 1.22 bits per heavy atom. The van der Waals surface area contributed by atoms with Crippen LogP contribution in [-0.2, 0) is 11.2 Å². The number of rotatable bonds is 3. The number of hydrogen-bond donors (Lipinski definition) is 1. The minimum Gasteiger partial charge on any atom is -0.334 e. The Morgan fingerprint density at radius 2 is 1.96 bits per heavy atom. The lowest BCUT2D eigenvalue weighted by atomic mass is 10.1. The van der Waals surface area contributed by atoms with Crippen molar-refractivity contribution in [2.75, 3.05) is 19.6 Å². The molecular weight excluding hydrogens is 346 g/mol. The van der Waals surface area contributed by atoms with Crippen molar-refractivity contribution in [2.24, 2.45) is 0 Å². The normalized spacial score (nSPS) is 19.3. The zero-order chi connectivity index (χ0) is 19.1. The zero-order valence-electron chi connectivity index (χ0n) is 15.3. The van der Waals surface area contributed by atoms with Gasteiger partial charge in [0.25, 0.3) is 11.8 Å². The Balaban J connectivity index is 1.60. The van der Waals surface area contributed by atoms with Crippen LogP contribution in [0.3, 0.4) is 0 Å². The third-order valence-corrected chi connectivity index (χ3v) is 5.17. The fourth-order valence-corrected chi connectivity index (χ4v) is 3.67. The van der Waals surface area contributed by atoms with E-state index >= 15 is 0 Å². The molecule has 1 N–H and O–H groups in total. The van der Waals surface area contributed by atoms with Gasteiger partial charge in [0.15, 0.2) is 0 Å². The van der Waals surface area contributed by atoms with Crippen molar-refractivity contribution in [2.45, 2.75) is 26.3 Å². The number of piperazine rings is 1. The quantitative estimate of drug-likeness (QED) is 0.824. The van der Waals surface area contributed by atoms with E-state index in [9.17, 15) is 14.4 Å². The summed E-state index contributed by atoms with van der Waals surface area (Å²) in [6.45, 7) is 4.96. The summed E-state index contributed by atoms with van der Waals surface area (Å²) in [4.78, 5) is 39.9. The van der Waals surface area contributed by atoms with Gasteiger partial charge in [-0.15, -0.1) is 0 Å². The summed E-state index contributed by atoms with van der Waals surface area (Å²) in [5.41, 5.74) is 3.43. The number of fused-ring (bicyclic) bond motifs is 1. The van der Waals surface area contributed by atoms with Crippen molar-refractivity contribution < 1.29 is 14.4 Å². The molecule has 2 aromatic rings. The van der Waals surface area contributed by atoms with Crippen LogP contribution in [0.25, 0.3) is 5.69 Å². The van der Waals surface area contributed by atoms with E-state index in [1.165, 1.54) is 4.90 Å². The Labute approximate surface area is 156 Å². The molecule has 2 fully saturated rings. The lowest BCUT2D eigenvalue weighted by Crippen LogP contribution is -2.54. The number of hydrogen-bond acceptors (Lipinski definition) is 4. The van der Waals surface area contributed by atoms with Gasteiger partial charge in [0.05, 0.1) is 29.7 Å². The van der Waals surface area contributed by atoms with Crippen LogP contribution < -0.4 is 5.32 Å². The van der Waals surface area contributed by atoms with E-state index in [4.69, 9.17) is 0 Å². The highest BCUT2D eigenvalue weighted by Gasteiger charge is 2.43. The molecule has 140 valence electrons. The van der Waals surface area contributed by atoms with E-state index in [1.54, 1.807) is 15.8 Å². The van der Waals surface area contributed by atoms with Gasteiger partial charge in [-0.1, -0.05) is 24.6 Å². The molecule has 4 rings (SSSR count). The maximum Gasteiger partial charge on any atom is 0.324 e. The standard InChI is InChI=1S/C19H21N5O3/c1-3-15-14(10-20-24(15)13-6-4-12(2)5-7-13)18(26)22-8-9-23-16(11-22)17(25)21-19(23)27/h4-7,10,16H,3,8-9,11H2,1-2H3,(H,21,25,27)/t16-/m1/s1. The summed E-state index contributed by atoms with van der Waals surface area (Å²) in [5, 5.41) is 6.73. The number of aryl methyl sites for hydroxylation is 1. The lowest BCUT2D eigenvalue weighted by molar-refractivity contribution is -0.122. The molecule has 0 saturated carbocycles. The highest BCUT2D eigenvalue weighted by atomic mass is 16.2. The molecule has 8 heteroatoms. The average molecular weight is 367 g/mol. The third-order valence-electron chi connectivity index (χ3n) is 5.17. The minimum atomic E-state index is -0.604. The predicted molar refractivity (Wildman–Crippen MR) is 97.6 cm³/mol. The van der Waals surface area contributed by atoms with Gasteiger partial charge in [0.1, 0.15) is 6.04 Å². The number of carbonyl (C=O) groups is 3. The number of amides is 4. The van der Waals surface area contributed by atoms with E-state index in [2.05, 4.69) is 10.4 Å². The van der Waals surface area contributed by atoms with Crippen LogP contribution in [0.15, 0.2) is 30.5 Å². The van der Waals surface area contributed by atoms with E-state index < -0.39 is 6.04 Å². The second-order valence-electron chi connectivity index (χ2n) is 6.86. The van der Waals surface area contributed by atoms with E-state index in [1.807, 2.05) is 38.1 Å². The van der Waals surface area contributed by atoms with Gasteiger partial charge in [-0.2, -0.15) is 5.10 Å². The minimum absolute atomic E-state index is 0.156. The van der Waals surface area contributed by atoms with Crippen molar-refractivity contribution in [1.29, 1.82) is 0 Å². The van der Waals surface area contributed by atoms with E-state index in [-0.39, 0.29) is 24.4 Å². The first-order chi connectivity index (χ1) is 13.0. The van der Waals surface area contributed by atoms with Gasteiger partial charge >= 0.3 is 6.03 Å². The third kappa shape index (κ3) is 2.87. The monoisotopic (exact) mass is 367 g/mol. The van der Waals surface area contributed by atoms with Crippen molar-refractivity contribution in [3.63, 3.8) is 0 Å². The molecule has 0 bridgehead atoms. The van der Waals surface area contributed by atoms with Crippen LogP contribution in [0.5, 0.6) is 0 Å². The first-order valence-electron chi connectivity index (χ1n) is 9.04. The molecule has 8 nitrogen and oxygen atoms in total. The summed E-state index contributed by atoms with van der Waals surface area (Å²) in [5.74, 6) is -0.499. The molecule has 2 aliphatic heterocycles. The Morgan fingerprint density at radius 3 is 2.67 bits per heavy atom. The number of nitrogens with one attached hydrogen (secondary N) is 1. The van der Waals surface area contributed by atoms with Crippen LogP contribution in [-0.4, -0.2) is 63.1 Å². The molecule has 2 aliphatic rings. The second-order valence-corrected chi connectivity index (χ2v) is 6.86. The molecule has 3 heterocycles. The van der Waals surface area contributed by atoms with Gasteiger partial charge in [-0.3, -0.25) is 14.9 Å². The topological polar surface area (TPSA) is 87.5 Å². The average Bonchev–Trinajstić information content (AvgIpc) is 3.22. The van der Waals surface area contributed by atoms with Crippen molar-refractivity contribution in [1.82, 2.24) is 24.9 Å². The van der Waals surface area contributed by atoms with Gasteiger partial charge in [0.2, 0.25) is 0 Å². The Kier molecular flexibility index (Phi) is 4.18. The van der Waals surface area contributed by atoms with Crippen molar-refractivity contribution in [3.8, 4) is 5.69 Å². The first-order valence-corrected chi connectivity index (χ1v) is 9.04. The number of benzene rings is 1. The molecule has 0 unspecified atom stereocenters. The van der Waals surface area contributed by atoms with Crippen LogP contribution in [0.1, 0.15) is 28.5 Å². The first kappa shape index (κ1) is 17.3. The Bertz CT molecular complexity index is 918. The zero-order valence-corrected chi connectivity index (χ0v) is 15.3. The van der Waals surface area contributed by atoms with Crippen molar-refractivity contribution in [3.05, 3.63) is 47.3 Å². The number of carbonyl (C=O) groups excluding carboxylic acids is 3. The van der Waals surface area contributed by atoms with Crippen LogP contribution in [0, 0.1) is 6.92 Å². The van der Waals surface area contributed by atoms with Crippen LogP contribution in [0.4, 0.5) is 4.79 Å². The van der Waals surface area contributed by atoms with E-state index in [0.29, 0.717) is 25.1 Å². The van der Waals surface area contributed by atoms with Gasteiger partial charge in [-0.25, -0.2) is 9.48 Å². The largest absolute Gasteiger partial charge is 0.334 e. The van der Waals surface area contributed by atoms with Crippen LogP contribution in [0.2, 0.25) is 0 Å². The van der Waals surface area contributed by atoms with Gasteiger partial charge in [-0.05, 0) is 25.5 Å². The number of nitrogens with zero attached hydrogens (tertiary/aromatic N) is 4. The molecular formula is C19H21N5O3. The summed E-state index contributed by atoms with van der Waals surface area (Å²) in [6, 6.07) is 6.98. The molecule has 4 amide bonds. The Hall–Kier alpha value is -3.16. The molecule has 0 spiro atoms. The molecule has 0 aliphatic carbocycles. The molecule has 0 radical (unpaired) electrons. The SMILES string of the molecule is CCc1c(C(=O)N2CCN3C(=O)NC(=O)[C@H]3C2)cnn1-c1ccc(C)cc1. The maximum absolute atomic E-state index is 13.1. The molecule has 1 atom stereocenters. The molecule has 1 aromatic carbocycles. The summed E-state index contributed by atoms with van der Waals surface area (Å²) in [7, 11) is 0. The molecule has 2 saturated heterocycles. The highest BCUT2D eigenvalue weighted by molar-refractivity contribution is 6.05. The van der Waals surface area contributed by atoms with Crippen molar-refractivity contribution >= 4 is 17.8 Å². The summed E-state index contributed by atoms with van der Waals surface area (Å²) >= 11 is 0. The van der Waals surface area contributed by atoms with Gasteiger partial charge in [0, 0.05) is 13.1 Å². The lowest BCUT2D eigenvalue weighted by Gasteiger charge is -2.35. The summed E-state index contributed by atoms with van der Waals surface area (Å²) in [6.07, 6.45) is 2.24. The fraction of sp³-hybridized carbons (Fsp3) is 0.368. The number of aromatic nitrogens is 2.